The van der Waals surface area contributed by atoms with Gasteiger partial charge in [0.05, 0.1) is 19.1 Å². The van der Waals surface area contributed by atoms with E-state index in [1.165, 1.54) is 0 Å². The van der Waals surface area contributed by atoms with E-state index in [0.717, 1.165) is 0 Å². The van der Waals surface area contributed by atoms with Crippen molar-refractivity contribution >= 4 is 30.7 Å². The summed E-state index contributed by atoms with van der Waals surface area (Å²) in [5.74, 6) is -1.12. The van der Waals surface area contributed by atoms with Crippen LogP contribution in [0.5, 0.6) is 0 Å². The molecule has 0 fully saturated rings. The summed E-state index contributed by atoms with van der Waals surface area (Å²) in [5, 5.41) is 0. The molecule has 0 aromatic heterocycles. The van der Waals surface area contributed by atoms with Gasteiger partial charge in [0.15, 0.2) is 0 Å². The number of carbonyl (C=O) groups is 3. The second-order valence-electron chi connectivity index (χ2n) is 3.90. The molecule has 7 heteroatoms. The molecule has 0 aliphatic carbocycles. The lowest BCUT2D eigenvalue weighted by molar-refractivity contribution is -0.150. The molecular formula is C15H31NO5S. The molecule has 0 saturated heterocycles. The number of rotatable bonds is 8. The number of carbonyl (C=O) groups excluding carboxylic acids is 3. The molecule has 22 heavy (non-hydrogen) atoms. The summed E-state index contributed by atoms with van der Waals surface area (Å²) in [6, 6.07) is 0. The van der Waals surface area contributed by atoms with E-state index in [2.05, 4.69) is 17.5 Å². The highest BCUT2D eigenvalue weighted by molar-refractivity contribution is 7.78. The number of hydrogen-bond acceptors (Lipinski definition) is 6. The first-order valence-electron chi connectivity index (χ1n) is 7.73. The van der Waals surface area contributed by atoms with E-state index in [1.54, 1.807) is 13.8 Å². The summed E-state index contributed by atoms with van der Waals surface area (Å²) in [4.78, 5) is 33.1. The van der Waals surface area contributed by atoms with Crippen LogP contribution in [0, 0.1) is 0 Å². The predicted molar refractivity (Wildman–Crippen MR) is 90.5 cm³/mol. The molecule has 0 rings (SSSR count). The largest absolute Gasteiger partial charge is 0.466 e. The number of nitrogens with one attached hydrogen (secondary N) is 1. The molecule has 1 N–H and O–H groups in total. The fraction of sp³-hybridized carbons (Fsp3) is 0.800. The van der Waals surface area contributed by atoms with Crippen molar-refractivity contribution in [2.75, 3.05) is 6.61 Å². The Bertz CT molecular complexity index is 296. The van der Waals surface area contributed by atoms with Crippen molar-refractivity contribution in [1.82, 2.24) is 4.72 Å². The van der Waals surface area contributed by atoms with E-state index in [1.807, 2.05) is 27.7 Å². The zero-order chi connectivity index (χ0) is 18.0. The third-order valence-corrected chi connectivity index (χ3v) is 2.09. The molecule has 0 heterocycles. The fourth-order valence-corrected chi connectivity index (χ4v) is 1.18. The maximum absolute atomic E-state index is 11.1. The molecule has 6 nitrogen and oxygen atoms in total. The average molecular weight is 337 g/mol. The number of esters is 2. The van der Waals surface area contributed by atoms with Crippen molar-refractivity contribution in [1.29, 1.82) is 0 Å². The van der Waals surface area contributed by atoms with E-state index in [-0.39, 0.29) is 43.8 Å². The minimum atomic E-state index is -0.468. The molecule has 0 unspecified atom stereocenters. The zero-order valence-electron chi connectivity index (χ0n) is 14.6. The van der Waals surface area contributed by atoms with Crippen molar-refractivity contribution in [2.24, 2.45) is 0 Å². The first-order chi connectivity index (χ1) is 10.5. The second kappa shape index (κ2) is 19.8. The molecule has 0 aromatic carbocycles. The molecule has 0 spiro atoms. The summed E-state index contributed by atoms with van der Waals surface area (Å²) >= 11 is 3.55. The van der Waals surface area contributed by atoms with Gasteiger partial charge in [0, 0.05) is 12.8 Å². The van der Waals surface area contributed by atoms with Crippen LogP contribution < -0.4 is 4.72 Å². The Hall–Kier alpha value is -1.24. The smallest absolute Gasteiger partial charge is 0.306 e. The Labute approximate surface area is 139 Å². The van der Waals surface area contributed by atoms with Crippen molar-refractivity contribution in [3.8, 4) is 0 Å². The van der Waals surface area contributed by atoms with Gasteiger partial charge in [-0.2, -0.15) is 0 Å². The average Bonchev–Trinajstić information content (AvgIpc) is 2.52. The number of thiol groups is 1. The van der Waals surface area contributed by atoms with Crippen molar-refractivity contribution < 1.29 is 23.9 Å². The Morgan fingerprint density at radius 3 is 1.95 bits per heavy atom. The molecule has 0 radical (unpaired) electrons. The van der Waals surface area contributed by atoms with Gasteiger partial charge in [0.25, 0.3) is 0 Å². The van der Waals surface area contributed by atoms with Gasteiger partial charge in [0.2, 0.25) is 5.91 Å². The minimum absolute atomic E-state index is 0.00281. The Balaban J connectivity index is -0.000000826. The van der Waals surface area contributed by atoms with Crippen molar-refractivity contribution in [3.63, 3.8) is 0 Å². The highest BCUT2D eigenvalue weighted by Crippen LogP contribution is 1.99. The van der Waals surface area contributed by atoms with Gasteiger partial charge in [-0.05, 0) is 20.3 Å². The monoisotopic (exact) mass is 337 g/mol. The van der Waals surface area contributed by atoms with Gasteiger partial charge in [-0.3, -0.25) is 14.4 Å². The summed E-state index contributed by atoms with van der Waals surface area (Å²) in [6.07, 6.45) is 0.527. The predicted octanol–water partition coefficient (Wildman–Crippen LogP) is 3.06. The molecule has 0 atom stereocenters. The van der Waals surface area contributed by atoms with Crippen molar-refractivity contribution in [3.05, 3.63) is 0 Å². The lowest BCUT2D eigenvalue weighted by Crippen LogP contribution is -2.16. The van der Waals surface area contributed by atoms with E-state index in [0.29, 0.717) is 6.42 Å². The molecule has 0 bridgehead atoms. The van der Waals surface area contributed by atoms with Gasteiger partial charge in [-0.15, -0.1) is 0 Å². The third kappa shape index (κ3) is 21.1. The van der Waals surface area contributed by atoms with Gasteiger partial charge in [-0.1, -0.05) is 40.5 Å². The summed E-state index contributed by atoms with van der Waals surface area (Å²) in [6.45, 7) is 11.7. The summed E-state index contributed by atoms with van der Waals surface area (Å²) < 4.78 is 11.9. The highest BCUT2D eigenvalue weighted by Gasteiger charge is 2.08. The highest BCUT2D eigenvalue weighted by atomic mass is 32.1. The van der Waals surface area contributed by atoms with Crippen LogP contribution >= 0.6 is 12.8 Å². The van der Waals surface area contributed by atoms with E-state index in [9.17, 15) is 14.4 Å². The van der Waals surface area contributed by atoms with Crippen LogP contribution in [-0.4, -0.2) is 30.6 Å². The Kier molecular flexibility index (Phi) is 23.1. The number of ether oxygens (including phenoxy) is 2. The molecule has 1 amide bonds. The van der Waals surface area contributed by atoms with Crippen LogP contribution in [0.15, 0.2) is 0 Å². The first kappa shape index (κ1) is 25.7. The molecule has 0 aliphatic rings. The van der Waals surface area contributed by atoms with E-state index >= 15 is 0 Å². The van der Waals surface area contributed by atoms with Gasteiger partial charge >= 0.3 is 11.9 Å². The van der Waals surface area contributed by atoms with Crippen LogP contribution in [0.1, 0.15) is 67.2 Å². The fourth-order valence-electron chi connectivity index (χ4n) is 1.07. The molecule has 0 aromatic rings. The lowest BCUT2D eigenvalue weighted by atomic mass is 10.3. The zero-order valence-corrected chi connectivity index (χ0v) is 15.5. The van der Waals surface area contributed by atoms with Crippen LogP contribution in [0.4, 0.5) is 0 Å². The van der Waals surface area contributed by atoms with Crippen LogP contribution in [0.2, 0.25) is 0 Å². The quantitative estimate of drug-likeness (QED) is 0.404. The van der Waals surface area contributed by atoms with Crippen molar-refractivity contribution in [2.45, 2.75) is 73.3 Å². The maximum Gasteiger partial charge on any atom is 0.306 e. The summed E-state index contributed by atoms with van der Waals surface area (Å²) in [7, 11) is 0. The van der Waals surface area contributed by atoms with Gasteiger partial charge in [-0.25, -0.2) is 0 Å². The van der Waals surface area contributed by atoms with E-state index < -0.39 is 5.97 Å². The molecule has 0 saturated carbocycles. The molecular weight excluding hydrogens is 306 g/mol. The SMILES string of the molecule is CC.CC.CC(C)OC(=O)CCCOC(=O)CCC(=O)NS. The Morgan fingerprint density at radius 1 is 0.955 bits per heavy atom. The molecule has 132 valence electrons. The maximum atomic E-state index is 11.1. The molecule has 0 aliphatic heterocycles. The Morgan fingerprint density at radius 2 is 1.50 bits per heavy atom. The van der Waals surface area contributed by atoms with E-state index in [4.69, 9.17) is 9.47 Å². The third-order valence-electron chi connectivity index (χ3n) is 1.84. The second-order valence-corrected chi connectivity index (χ2v) is 4.12. The van der Waals surface area contributed by atoms with Crippen LogP contribution in [0.3, 0.4) is 0 Å². The van der Waals surface area contributed by atoms with Gasteiger partial charge < -0.3 is 14.2 Å². The number of amides is 1. The van der Waals surface area contributed by atoms with Gasteiger partial charge in [0.1, 0.15) is 0 Å². The lowest BCUT2D eigenvalue weighted by Gasteiger charge is -2.08. The van der Waals surface area contributed by atoms with Crippen LogP contribution in [-0.2, 0) is 23.9 Å². The standard InChI is InChI=1S/C11H19NO5S.2C2H6/c1-8(2)17-11(15)4-3-7-16-10(14)6-5-9(13)12-18;2*1-2/h8,18H,3-7H2,1-2H3,(H,12,13);2*1-2H3. The minimum Gasteiger partial charge on any atom is -0.466 e. The topological polar surface area (TPSA) is 81.7 Å². The summed E-state index contributed by atoms with van der Waals surface area (Å²) in [5.41, 5.74) is 0. The van der Waals surface area contributed by atoms with Crippen LogP contribution in [0.25, 0.3) is 0 Å². The normalized spacial score (nSPS) is 8.73. The number of hydrogen-bond donors (Lipinski definition) is 2. The first-order valence-corrected chi connectivity index (χ1v) is 8.18.